The van der Waals surface area contributed by atoms with Crippen molar-refractivity contribution in [2.24, 2.45) is 0 Å². The Morgan fingerprint density at radius 1 is 1.57 bits per heavy atom. The van der Waals surface area contributed by atoms with Gasteiger partial charge in [0.25, 0.3) is 0 Å². The van der Waals surface area contributed by atoms with E-state index >= 15 is 0 Å². The monoisotopic (exact) mass is 197 g/mol. The third-order valence-corrected chi connectivity index (χ3v) is 2.49. The van der Waals surface area contributed by atoms with Crippen LogP contribution in [0.25, 0.3) is 0 Å². The van der Waals surface area contributed by atoms with Crippen LogP contribution in [0.3, 0.4) is 0 Å². The summed E-state index contributed by atoms with van der Waals surface area (Å²) in [5, 5.41) is 3.80. The molecule has 14 heavy (non-hydrogen) atoms. The first-order valence-electron chi connectivity index (χ1n) is 4.89. The molecule has 0 spiro atoms. The van der Waals surface area contributed by atoms with Crippen LogP contribution in [0.4, 0.5) is 0 Å². The molecular formula is C9H15N3O2. The summed E-state index contributed by atoms with van der Waals surface area (Å²) in [6, 6.07) is 0.535. The highest BCUT2D eigenvalue weighted by Crippen LogP contribution is 2.19. The lowest BCUT2D eigenvalue weighted by Crippen LogP contribution is -2.42. The van der Waals surface area contributed by atoms with E-state index in [2.05, 4.69) is 28.9 Å². The molecule has 0 radical (unpaired) electrons. The normalized spacial score (nSPS) is 24.4. The summed E-state index contributed by atoms with van der Waals surface area (Å²) in [5.74, 6) is 0.648. The third kappa shape index (κ3) is 1.93. The summed E-state index contributed by atoms with van der Waals surface area (Å²) >= 11 is 0. The van der Waals surface area contributed by atoms with Gasteiger partial charge in [0.05, 0.1) is 6.61 Å². The zero-order valence-electron chi connectivity index (χ0n) is 8.51. The van der Waals surface area contributed by atoms with Crippen LogP contribution < -0.4 is 0 Å². The Morgan fingerprint density at radius 2 is 2.43 bits per heavy atom. The quantitative estimate of drug-likeness (QED) is 0.703. The van der Waals surface area contributed by atoms with Gasteiger partial charge < -0.3 is 9.26 Å². The second-order valence-electron chi connectivity index (χ2n) is 3.74. The molecule has 5 heteroatoms. The summed E-state index contributed by atoms with van der Waals surface area (Å²) in [6.07, 6.45) is 1.30. The van der Waals surface area contributed by atoms with Crippen molar-refractivity contribution >= 4 is 0 Å². The van der Waals surface area contributed by atoms with Gasteiger partial charge >= 0.3 is 0 Å². The topological polar surface area (TPSA) is 51.4 Å². The van der Waals surface area contributed by atoms with Gasteiger partial charge in [0, 0.05) is 19.1 Å². The molecule has 1 unspecified atom stereocenters. The van der Waals surface area contributed by atoms with E-state index in [0.29, 0.717) is 11.9 Å². The van der Waals surface area contributed by atoms with Gasteiger partial charge in [-0.25, -0.2) is 0 Å². The molecule has 0 saturated carbocycles. The third-order valence-electron chi connectivity index (χ3n) is 2.49. The Kier molecular flexibility index (Phi) is 2.79. The van der Waals surface area contributed by atoms with E-state index in [9.17, 15) is 0 Å². The van der Waals surface area contributed by atoms with E-state index < -0.39 is 0 Å². The van der Waals surface area contributed by atoms with Crippen LogP contribution in [-0.4, -0.2) is 40.8 Å². The second-order valence-corrected chi connectivity index (χ2v) is 3.74. The summed E-state index contributed by atoms with van der Waals surface area (Å²) in [5.41, 5.74) is 0. The SMILES string of the molecule is CC(C)N1CCOC(c2ncon2)C1. The molecule has 1 aromatic heterocycles. The lowest BCUT2D eigenvalue weighted by Gasteiger charge is -2.34. The highest BCUT2D eigenvalue weighted by atomic mass is 16.5. The van der Waals surface area contributed by atoms with E-state index in [1.54, 1.807) is 0 Å². The van der Waals surface area contributed by atoms with Crippen molar-refractivity contribution in [2.75, 3.05) is 19.7 Å². The van der Waals surface area contributed by atoms with Gasteiger partial charge in [0.15, 0.2) is 0 Å². The van der Waals surface area contributed by atoms with Crippen molar-refractivity contribution in [3.8, 4) is 0 Å². The number of hydrogen-bond donors (Lipinski definition) is 0. The highest BCUT2D eigenvalue weighted by molar-refractivity contribution is 4.90. The van der Waals surface area contributed by atoms with E-state index in [-0.39, 0.29) is 6.10 Å². The molecule has 0 bridgehead atoms. The molecule has 78 valence electrons. The zero-order valence-corrected chi connectivity index (χ0v) is 8.51. The maximum Gasteiger partial charge on any atom is 0.213 e. The van der Waals surface area contributed by atoms with Crippen molar-refractivity contribution in [1.29, 1.82) is 0 Å². The van der Waals surface area contributed by atoms with Crippen LogP contribution in [0, 0.1) is 0 Å². The van der Waals surface area contributed by atoms with Crippen LogP contribution in [0.2, 0.25) is 0 Å². The molecule has 0 aliphatic carbocycles. The van der Waals surface area contributed by atoms with Crippen LogP contribution >= 0.6 is 0 Å². The number of morpholine rings is 1. The number of ether oxygens (including phenoxy) is 1. The fourth-order valence-electron chi connectivity index (χ4n) is 1.62. The number of aromatic nitrogens is 2. The van der Waals surface area contributed by atoms with E-state index in [4.69, 9.17) is 9.26 Å². The van der Waals surface area contributed by atoms with Gasteiger partial charge in [0.1, 0.15) is 6.10 Å². The van der Waals surface area contributed by atoms with Gasteiger partial charge in [-0.15, -0.1) is 0 Å². The molecule has 1 fully saturated rings. The predicted octanol–water partition coefficient (Wildman–Crippen LogP) is 0.851. The minimum absolute atomic E-state index is 0.0371. The van der Waals surface area contributed by atoms with Crippen LogP contribution in [0.1, 0.15) is 25.8 Å². The number of hydrogen-bond acceptors (Lipinski definition) is 5. The Balaban J connectivity index is 2.01. The second kappa shape index (κ2) is 4.06. The van der Waals surface area contributed by atoms with Gasteiger partial charge in [0.2, 0.25) is 12.2 Å². The maximum absolute atomic E-state index is 5.58. The first-order valence-corrected chi connectivity index (χ1v) is 4.89. The molecule has 5 nitrogen and oxygen atoms in total. The van der Waals surface area contributed by atoms with E-state index in [1.807, 2.05) is 0 Å². The molecule has 0 N–H and O–H groups in total. The van der Waals surface area contributed by atoms with Gasteiger partial charge in [-0.3, -0.25) is 4.90 Å². The van der Waals surface area contributed by atoms with Gasteiger partial charge in [-0.1, -0.05) is 5.16 Å². The lowest BCUT2D eigenvalue weighted by atomic mass is 10.2. The maximum atomic E-state index is 5.58. The van der Waals surface area contributed by atoms with Crippen molar-refractivity contribution in [3.05, 3.63) is 12.2 Å². The summed E-state index contributed by atoms with van der Waals surface area (Å²) in [6.45, 7) is 6.91. The van der Waals surface area contributed by atoms with Crippen LogP contribution in [0.5, 0.6) is 0 Å². The smallest absolute Gasteiger partial charge is 0.213 e. The Bertz CT molecular complexity index is 274. The van der Waals surface area contributed by atoms with Gasteiger partial charge in [-0.05, 0) is 13.8 Å². The molecule has 1 saturated heterocycles. The minimum Gasteiger partial charge on any atom is -0.367 e. The van der Waals surface area contributed by atoms with E-state index in [0.717, 1.165) is 19.7 Å². The first kappa shape index (κ1) is 9.61. The largest absolute Gasteiger partial charge is 0.367 e. The molecule has 2 heterocycles. The van der Waals surface area contributed by atoms with Crippen molar-refractivity contribution < 1.29 is 9.26 Å². The van der Waals surface area contributed by atoms with Crippen LogP contribution in [-0.2, 0) is 4.74 Å². The van der Waals surface area contributed by atoms with Crippen LogP contribution in [0.15, 0.2) is 10.9 Å². The Labute approximate surface area is 83.0 Å². The van der Waals surface area contributed by atoms with Crippen molar-refractivity contribution in [3.63, 3.8) is 0 Å². The van der Waals surface area contributed by atoms with Crippen molar-refractivity contribution in [2.45, 2.75) is 26.0 Å². The molecule has 1 atom stereocenters. The summed E-state index contributed by atoms with van der Waals surface area (Å²) in [7, 11) is 0. The average Bonchev–Trinajstić information content (AvgIpc) is 2.71. The Hall–Kier alpha value is -0.940. The Morgan fingerprint density at radius 3 is 3.07 bits per heavy atom. The predicted molar refractivity (Wildman–Crippen MR) is 49.7 cm³/mol. The first-order chi connectivity index (χ1) is 6.77. The van der Waals surface area contributed by atoms with E-state index in [1.165, 1.54) is 6.39 Å². The lowest BCUT2D eigenvalue weighted by molar-refractivity contribution is -0.0450. The molecule has 1 aliphatic rings. The zero-order chi connectivity index (χ0) is 9.97. The molecule has 1 aliphatic heterocycles. The molecule has 1 aromatic rings. The fourth-order valence-corrected chi connectivity index (χ4v) is 1.62. The fraction of sp³-hybridized carbons (Fsp3) is 0.778. The summed E-state index contributed by atoms with van der Waals surface area (Å²) in [4.78, 5) is 6.36. The standard InChI is InChI=1S/C9H15N3O2/c1-7(2)12-3-4-13-8(5-12)9-10-6-14-11-9/h6-8H,3-5H2,1-2H3. The molecule has 0 amide bonds. The van der Waals surface area contributed by atoms with Gasteiger partial charge in [-0.2, -0.15) is 4.98 Å². The number of rotatable bonds is 2. The molecule has 2 rings (SSSR count). The average molecular weight is 197 g/mol. The highest BCUT2D eigenvalue weighted by Gasteiger charge is 2.26. The molecular weight excluding hydrogens is 182 g/mol. The number of nitrogens with zero attached hydrogens (tertiary/aromatic N) is 3. The molecule has 0 aromatic carbocycles. The minimum atomic E-state index is -0.0371. The summed E-state index contributed by atoms with van der Waals surface area (Å²) < 4.78 is 10.3. The van der Waals surface area contributed by atoms with Crippen molar-refractivity contribution in [1.82, 2.24) is 15.0 Å².